The van der Waals surface area contributed by atoms with Gasteiger partial charge in [0.1, 0.15) is 11.9 Å². The van der Waals surface area contributed by atoms with Crippen LogP contribution in [-0.4, -0.2) is 60.9 Å². The molecule has 0 N–H and O–H groups in total. The predicted octanol–water partition coefficient (Wildman–Crippen LogP) is 6.10. The van der Waals surface area contributed by atoms with Crippen molar-refractivity contribution in [2.45, 2.75) is 77.4 Å². The molecule has 0 saturated carbocycles. The van der Waals surface area contributed by atoms with Crippen LogP contribution in [0.25, 0.3) is 0 Å². The molecule has 3 aliphatic heterocycles. The van der Waals surface area contributed by atoms with E-state index >= 15 is 0 Å². The van der Waals surface area contributed by atoms with E-state index < -0.39 is 30.0 Å². The lowest BCUT2D eigenvalue weighted by atomic mass is 9.98. The van der Waals surface area contributed by atoms with Crippen LogP contribution in [0, 0.1) is 6.92 Å². The third kappa shape index (κ3) is 5.81. The average Bonchev–Trinajstić information content (AvgIpc) is 3.54. The second kappa shape index (κ2) is 11.2. The van der Waals surface area contributed by atoms with Crippen molar-refractivity contribution in [2.75, 3.05) is 42.6 Å². The molecule has 1 aromatic carbocycles. The van der Waals surface area contributed by atoms with Gasteiger partial charge in [0.15, 0.2) is 0 Å². The van der Waals surface area contributed by atoms with Gasteiger partial charge in [-0.2, -0.15) is 13.2 Å². The number of amides is 1. The Kier molecular flexibility index (Phi) is 7.94. The first-order chi connectivity index (χ1) is 18.7. The predicted molar refractivity (Wildman–Crippen MR) is 143 cm³/mol. The van der Waals surface area contributed by atoms with E-state index in [1.807, 2.05) is 13.1 Å². The fraction of sp³-hybridized carbons (Fsp3) is 0.586. The standard InChI is InChI=1S/C29H37F3N4O3/c1-4-35(24-7-11-38-12-8-24)27-22(16-25(17-33-27)34-9-5-6-10-34)18-36-20(3)26(39-28(36)37)21-13-19(2)14-23(15-21)29(30,31)32/h13-17,20,24,26H,4-12,18H2,1-3H3/t20-,26-/m0/s1. The van der Waals surface area contributed by atoms with Gasteiger partial charge in [-0.1, -0.05) is 11.6 Å². The molecular weight excluding hydrogens is 509 g/mol. The first-order valence-corrected chi connectivity index (χ1v) is 13.9. The minimum atomic E-state index is -4.48. The third-order valence-electron chi connectivity index (χ3n) is 8.13. The summed E-state index contributed by atoms with van der Waals surface area (Å²) in [7, 11) is 0. The largest absolute Gasteiger partial charge is 0.439 e. The van der Waals surface area contributed by atoms with Crippen molar-refractivity contribution in [1.82, 2.24) is 9.88 Å². The van der Waals surface area contributed by atoms with Gasteiger partial charge < -0.3 is 19.3 Å². The Morgan fingerprint density at radius 3 is 2.49 bits per heavy atom. The first-order valence-electron chi connectivity index (χ1n) is 13.9. The minimum absolute atomic E-state index is 0.262. The van der Waals surface area contributed by atoms with Crippen molar-refractivity contribution in [2.24, 2.45) is 0 Å². The molecule has 5 rings (SSSR count). The lowest BCUT2D eigenvalue weighted by Gasteiger charge is -2.36. The molecule has 10 heteroatoms. The lowest BCUT2D eigenvalue weighted by molar-refractivity contribution is -0.137. The molecule has 1 amide bonds. The van der Waals surface area contributed by atoms with E-state index in [1.165, 1.54) is 0 Å². The summed E-state index contributed by atoms with van der Waals surface area (Å²) in [5.41, 5.74) is 2.03. The summed E-state index contributed by atoms with van der Waals surface area (Å²) in [4.78, 5) is 24.3. The number of hydrogen-bond acceptors (Lipinski definition) is 6. The van der Waals surface area contributed by atoms with Crippen LogP contribution in [0.3, 0.4) is 0 Å². The number of ether oxygens (including phenoxy) is 2. The first kappa shape index (κ1) is 27.6. The van der Waals surface area contributed by atoms with Gasteiger partial charge in [-0.05, 0) is 70.2 Å². The summed E-state index contributed by atoms with van der Waals surface area (Å²) >= 11 is 0. The number of cyclic esters (lactones) is 1. The van der Waals surface area contributed by atoms with Gasteiger partial charge in [-0.25, -0.2) is 9.78 Å². The van der Waals surface area contributed by atoms with Crippen molar-refractivity contribution in [3.63, 3.8) is 0 Å². The number of rotatable bonds is 7. The Morgan fingerprint density at radius 2 is 1.82 bits per heavy atom. The summed E-state index contributed by atoms with van der Waals surface area (Å²) in [6, 6.07) is 5.82. The van der Waals surface area contributed by atoms with Gasteiger partial charge >= 0.3 is 12.3 Å². The number of benzene rings is 1. The molecule has 4 heterocycles. The van der Waals surface area contributed by atoms with Crippen molar-refractivity contribution < 1.29 is 27.4 Å². The summed E-state index contributed by atoms with van der Waals surface area (Å²) in [6.07, 6.45) is 0.192. The number of carbonyl (C=O) groups is 1. The Bertz CT molecular complexity index is 1180. The fourth-order valence-electron chi connectivity index (χ4n) is 6.08. The number of anilines is 2. The fourth-order valence-corrected chi connectivity index (χ4v) is 6.08. The van der Waals surface area contributed by atoms with Crippen LogP contribution in [0.4, 0.5) is 29.5 Å². The summed E-state index contributed by atoms with van der Waals surface area (Å²) in [5, 5.41) is 0. The second-order valence-electron chi connectivity index (χ2n) is 10.8. The van der Waals surface area contributed by atoms with E-state index in [-0.39, 0.29) is 12.6 Å². The SMILES string of the molecule is CCN(c1ncc(N2CCCC2)cc1CN1C(=O)O[C@H](c2cc(C)cc(C(F)(F)F)c2)[C@@H]1C)C1CCOCC1. The zero-order valence-corrected chi connectivity index (χ0v) is 22.8. The molecule has 2 atom stereocenters. The molecule has 3 aliphatic rings. The number of aryl methyl sites for hydroxylation is 1. The molecule has 212 valence electrons. The number of aromatic nitrogens is 1. The number of nitrogens with zero attached hydrogens (tertiary/aromatic N) is 4. The number of alkyl halides is 3. The molecule has 1 aromatic heterocycles. The van der Waals surface area contributed by atoms with Gasteiger partial charge in [0.2, 0.25) is 0 Å². The zero-order valence-electron chi connectivity index (χ0n) is 22.8. The van der Waals surface area contributed by atoms with Crippen LogP contribution in [0.5, 0.6) is 0 Å². The topological polar surface area (TPSA) is 58.1 Å². The molecular formula is C29H37F3N4O3. The lowest BCUT2D eigenvalue weighted by Crippen LogP contribution is -2.41. The van der Waals surface area contributed by atoms with Crippen molar-refractivity contribution in [3.05, 3.63) is 52.7 Å². The molecule has 2 aromatic rings. The highest BCUT2D eigenvalue weighted by molar-refractivity contribution is 5.72. The van der Waals surface area contributed by atoms with Crippen LogP contribution < -0.4 is 9.80 Å². The van der Waals surface area contributed by atoms with E-state index in [4.69, 9.17) is 14.5 Å². The van der Waals surface area contributed by atoms with E-state index in [2.05, 4.69) is 22.8 Å². The van der Waals surface area contributed by atoms with Crippen molar-refractivity contribution >= 4 is 17.6 Å². The molecule has 0 radical (unpaired) electrons. The second-order valence-corrected chi connectivity index (χ2v) is 10.8. The van der Waals surface area contributed by atoms with Crippen LogP contribution in [0.1, 0.15) is 67.9 Å². The average molecular weight is 547 g/mol. The van der Waals surface area contributed by atoms with Crippen molar-refractivity contribution in [1.29, 1.82) is 0 Å². The summed E-state index contributed by atoms with van der Waals surface area (Å²) in [6.45, 7) is 9.93. The molecule has 0 bridgehead atoms. The number of halogens is 3. The molecule has 0 unspecified atom stereocenters. The maximum Gasteiger partial charge on any atom is 0.416 e. The maximum absolute atomic E-state index is 13.5. The Hall–Kier alpha value is -3.01. The van der Waals surface area contributed by atoms with Gasteiger partial charge in [0, 0.05) is 44.5 Å². The molecule has 3 saturated heterocycles. The van der Waals surface area contributed by atoms with Gasteiger partial charge in [-0.3, -0.25) is 4.90 Å². The van der Waals surface area contributed by atoms with E-state index in [9.17, 15) is 18.0 Å². The third-order valence-corrected chi connectivity index (χ3v) is 8.13. The van der Waals surface area contributed by atoms with Crippen LogP contribution in [-0.2, 0) is 22.2 Å². The number of carbonyl (C=O) groups excluding carboxylic acids is 1. The quantitative estimate of drug-likeness (QED) is 0.419. The zero-order chi connectivity index (χ0) is 27.7. The smallest absolute Gasteiger partial charge is 0.416 e. The molecule has 7 nitrogen and oxygen atoms in total. The van der Waals surface area contributed by atoms with Gasteiger partial charge in [0.25, 0.3) is 0 Å². The van der Waals surface area contributed by atoms with E-state index in [1.54, 1.807) is 17.9 Å². The Balaban J connectivity index is 1.46. The molecule has 0 spiro atoms. The van der Waals surface area contributed by atoms with E-state index in [0.717, 1.165) is 74.5 Å². The maximum atomic E-state index is 13.5. The molecule has 3 fully saturated rings. The highest BCUT2D eigenvalue weighted by Gasteiger charge is 2.42. The van der Waals surface area contributed by atoms with Crippen LogP contribution >= 0.6 is 0 Å². The Morgan fingerprint density at radius 1 is 1.10 bits per heavy atom. The van der Waals surface area contributed by atoms with Crippen molar-refractivity contribution in [3.8, 4) is 0 Å². The Labute approximate surface area is 227 Å². The van der Waals surface area contributed by atoms with Crippen LogP contribution in [0.15, 0.2) is 30.5 Å². The number of pyridine rings is 1. The van der Waals surface area contributed by atoms with Gasteiger partial charge in [0.05, 0.1) is 30.0 Å². The number of hydrogen-bond donors (Lipinski definition) is 0. The van der Waals surface area contributed by atoms with E-state index in [0.29, 0.717) is 24.3 Å². The molecule has 39 heavy (non-hydrogen) atoms. The monoisotopic (exact) mass is 546 g/mol. The van der Waals surface area contributed by atoms with Crippen LogP contribution in [0.2, 0.25) is 0 Å². The molecule has 0 aliphatic carbocycles. The highest BCUT2D eigenvalue weighted by Crippen LogP contribution is 2.39. The highest BCUT2D eigenvalue weighted by atomic mass is 19.4. The summed E-state index contributed by atoms with van der Waals surface area (Å²) < 4.78 is 51.8. The normalized spacial score (nSPS) is 22.5. The van der Waals surface area contributed by atoms with Gasteiger partial charge in [-0.15, -0.1) is 0 Å². The summed E-state index contributed by atoms with van der Waals surface area (Å²) in [5.74, 6) is 0.839. The minimum Gasteiger partial charge on any atom is -0.439 e.